The first-order chi connectivity index (χ1) is 30.7. The molecule has 14 nitrogen and oxygen atoms in total. The highest BCUT2D eigenvalue weighted by atomic mass is 16.5. The van der Waals surface area contributed by atoms with Crippen LogP contribution in [0.15, 0.2) is 72.9 Å². The lowest BCUT2D eigenvalue weighted by Crippen LogP contribution is -2.74. The Morgan fingerprint density at radius 1 is 0.922 bits per heavy atom. The number of fused-ring (bicyclic) bond motifs is 2. The van der Waals surface area contributed by atoms with Crippen molar-refractivity contribution in [2.24, 2.45) is 16.7 Å². The summed E-state index contributed by atoms with van der Waals surface area (Å²) < 4.78 is 13.0. The minimum absolute atomic E-state index is 0.00000508. The minimum atomic E-state index is -0.999. The third kappa shape index (κ3) is 7.63. The fourth-order valence-corrected chi connectivity index (χ4v) is 11.2. The molecule has 5 amide bonds. The molecule has 3 aliphatic heterocycles. The Morgan fingerprint density at radius 3 is 2.33 bits per heavy atom. The van der Waals surface area contributed by atoms with Crippen molar-refractivity contribution in [3.63, 3.8) is 0 Å². The lowest BCUT2D eigenvalue weighted by molar-refractivity contribution is -0.163. The van der Waals surface area contributed by atoms with Crippen LogP contribution in [0.4, 0.5) is 11.4 Å². The number of benzene rings is 3. The van der Waals surface area contributed by atoms with Gasteiger partial charge in [-0.25, -0.2) is 4.85 Å². The number of aromatic nitrogens is 1. The summed E-state index contributed by atoms with van der Waals surface area (Å²) in [5.74, 6) is -0.416. The average molecular weight is 866 g/mol. The SMILES string of the molecule is [C-]#[N+]c1ccc(OC2C(C)(C)C(NC(=O)c3ccc(N4CCC(CN(CC)C5CC(Oc6ccc7c(c6)C(=O)N(C6CCC(=O)NC6=O)C7=O)C5)CC4)cc3)C2(C)C)c2cccnc12. The van der Waals surface area contributed by atoms with Gasteiger partial charge in [-0.15, -0.1) is 0 Å². The fraction of sp³-hybridized carbons (Fsp3) is 0.460. The minimum Gasteiger partial charge on any atom is -0.490 e. The van der Waals surface area contributed by atoms with E-state index in [9.17, 15) is 24.0 Å². The first-order valence-corrected chi connectivity index (χ1v) is 22.5. The lowest BCUT2D eigenvalue weighted by Gasteiger charge is -2.63. The van der Waals surface area contributed by atoms with Crippen molar-refractivity contribution in [3.8, 4) is 11.5 Å². The maximum Gasteiger partial charge on any atom is 0.262 e. The van der Waals surface area contributed by atoms with Crippen LogP contribution in [-0.4, -0.2) is 101 Å². The normalized spacial score (nSPS) is 25.0. The number of carbonyl (C=O) groups is 5. The van der Waals surface area contributed by atoms with Gasteiger partial charge in [0.15, 0.2) is 0 Å². The molecule has 4 aromatic rings. The van der Waals surface area contributed by atoms with E-state index in [0.29, 0.717) is 40.2 Å². The molecule has 1 unspecified atom stereocenters. The van der Waals surface area contributed by atoms with E-state index < -0.39 is 29.7 Å². The van der Waals surface area contributed by atoms with Gasteiger partial charge in [-0.05, 0) is 92.4 Å². The molecular weight excluding hydrogens is 811 g/mol. The van der Waals surface area contributed by atoms with E-state index >= 15 is 0 Å². The molecular formula is C50H55N7O7. The Kier molecular flexibility index (Phi) is 11.2. The molecule has 64 heavy (non-hydrogen) atoms. The maximum atomic E-state index is 13.7. The number of hydrogen-bond acceptors (Lipinski definition) is 10. The number of amides is 5. The lowest BCUT2D eigenvalue weighted by atomic mass is 9.49. The van der Waals surface area contributed by atoms with Crippen LogP contribution >= 0.6 is 0 Å². The zero-order valence-electron chi connectivity index (χ0n) is 37.1. The molecule has 0 spiro atoms. The van der Waals surface area contributed by atoms with Gasteiger partial charge in [0.25, 0.3) is 17.7 Å². The Hall–Kier alpha value is -6.33. The number of anilines is 1. The topological polar surface area (TPSA) is 155 Å². The van der Waals surface area contributed by atoms with Gasteiger partial charge in [0.1, 0.15) is 29.7 Å². The maximum absolute atomic E-state index is 13.7. The number of carbonyl (C=O) groups excluding carboxylic acids is 5. The van der Waals surface area contributed by atoms with Crippen LogP contribution in [0.25, 0.3) is 15.7 Å². The quantitative estimate of drug-likeness (QED) is 0.113. The van der Waals surface area contributed by atoms with Gasteiger partial charge in [-0.2, -0.15) is 0 Å². The van der Waals surface area contributed by atoms with Crippen molar-refractivity contribution < 1.29 is 33.4 Å². The molecule has 1 atom stereocenters. The van der Waals surface area contributed by atoms with E-state index in [0.717, 1.165) is 67.8 Å². The number of nitrogens with one attached hydrogen (secondary N) is 2. The fourth-order valence-electron chi connectivity index (χ4n) is 11.2. The number of rotatable bonds is 12. The summed E-state index contributed by atoms with van der Waals surface area (Å²) in [7, 11) is 0. The Bertz CT molecular complexity index is 2550. The van der Waals surface area contributed by atoms with Crippen LogP contribution in [0, 0.1) is 23.3 Å². The number of piperidine rings is 2. The van der Waals surface area contributed by atoms with Crippen LogP contribution in [0.5, 0.6) is 11.5 Å². The van der Waals surface area contributed by atoms with E-state index in [1.165, 1.54) is 0 Å². The monoisotopic (exact) mass is 865 g/mol. The largest absolute Gasteiger partial charge is 0.490 e. The van der Waals surface area contributed by atoms with Crippen molar-refractivity contribution in [2.75, 3.05) is 31.1 Å². The van der Waals surface area contributed by atoms with Crippen molar-refractivity contribution in [1.29, 1.82) is 0 Å². The summed E-state index contributed by atoms with van der Waals surface area (Å²) in [6, 6.07) is 19.5. The van der Waals surface area contributed by atoms with E-state index in [1.54, 1.807) is 30.5 Å². The summed E-state index contributed by atoms with van der Waals surface area (Å²) in [5, 5.41) is 6.36. The van der Waals surface area contributed by atoms with Crippen LogP contribution in [0.1, 0.15) is 104 Å². The molecule has 2 aliphatic carbocycles. The second-order valence-electron chi connectivity index (χ2n) is 19.2. The number of imide groups is 2. The molecule has 2 saturated carbocycles. The molecule has 3 aromatic carbocycles. The molecule has 4 fully saturated rings. The first-order valence-electron chi connectivity index (χ1n) is 22.5. The number of ether oxygens (including phenoxy) is 2. The summed E-state index contributed by atoms with van der Waals surface area (Å²) in [4.78, 5) is 78.1. The zero-order valence-corrected chi connectivity index (χ0v) is 37.1. The van der Waals surface area contributed by atoms with Gasteiger partial charge in [0.2, 0.25) is 17.5 Å². The third-order valence-corrected chi connectivity index (χ3v) is 14.5. The number of hydrogen-bond donors (Lipinski definition) is 2. The van der Waals surface area contributed by atoms with Crippen molar-refractivity contribution >= 4 is 51.8 Å². The molecule has 0 radical (unpaired) electrons. The summed E-state index contributed by atoms with van der Waals surface area (Å²) in [6.07, 6.45) is 5.59. The molecule has 0 bridgehead atoms. The highest BCUT2D eigenvalue weighted by Gasteiger charge is 2.64. The van der Waals surface area contributed by atoms with E-state index in [1.807, 2.05) is 30.3 Å². The first kappa shape index (κ1) is 42.9. The van der Waals surface area contributed by atoms with Gasteiger partial charge in [0.05, 0.1) is 23.2 Å². The van der Waals surface area contributed by atoms with Crippen LogP contribution in [0.2, 0.25) is 0 Å². The van der Waals surface area contributed by atoms with Crippen molar-refractivity contribution in [1.82, 2.24) is 25.4 Å². The van der Waals surface area contributed by atoms with Gasteiger partial charge in [-0.3, -0.25) is 39.2 Å². The van der Waals surface area contributed by atoms with E-state index in [4.69, 9.17) is 16.0 Å². The average Bonchev–Trinajstić information content (AvgIpc) is 3.52. The Labute approximate surface area is 373 Å². The second-order valence-corrected chi connectivity index (χ2v) is 19.2. The second kappa shape index (κ2) is 16.7. The molecule has 4 heterocycles. The standard InChI is InChI=1S/C50H55N7O7/c1-7-55(32-25-34(26-32)63-33-14-15-35-37(27-33)46(62)57(45(35)61)39-17-19-41(58)53-44(39)60)28-29-20-23-56(24-21-29)31-12-10-30(11-13-31)43(59)54-47-49(2,3)48(50(47,4)5)64-40-18-16-38(51-6)42-36(40)9-8-22-52-42/h8-16,18,22,27,29,32,34,39,47-48H,7,17,19-21,23-26,28H2,1-5H3,(H,54,59)(H,53,58,60). The molecule has 1 aromatic heterocycles. The molecule has 14 heteroatoms. The van der Waals surface area contributed by atoms with Gasteiger partial charge < -0.3 is 24.6 Å². The third-order valence-electron chi connectivity index (χ3n) is 14.5. The molecule has 332 valence electrons. The van der Waals surface area contributed by atoms with Crippen LogP contribution < -0.4 is 25.0 Å². The molecule has 9 rings (SSSR count). The highest BCUT2D eigenvalue weighted by molar-refractivity contribution is 6.23. The summed E-state index contributed by atoms with van der Waals surface area (Å²) >= 11 is 0. The molecule has 2 N–H and O–H groups in total. The van der Waals surface area contributed by atoms with Gasteiger partial charge >= 0.3 is 0 Å². The van der Waals surface area contributed by atoms with Crippen molar-refractivity contribution in [2.45, 2.75) is 103 Å². The van der Waals surface area contributed by atoms with Crippen LogP contribution in [0.3, 0.4) is 0 Å². The van der Waals surface area contributed by atoms with E-state index in [2.05, 4.69) is 77.0 Å². The number of nitrogens with zero attached hydrogens (tertiary/aromatic N) is 5. The van der Waals surface area contributed by atoms with E-state index in [-0.39, 0.29) is 59.0 Å². The number of pyridine rings is 1. The molecule has 5 aliphatic rings. The Balaban J connectivity index is 0.733. The summed E-state index contributed by atoms with van der Waals surface area (Å²) in [6.45, 7) is 22.1. The van der Waals surface area contributed by atoms with Gasteiger partial charge in [0, 0.05) is 84.6 Å². The predicted octanol–water partition coefficient (Wildman–Crippen LogP) is 6.95. The molecule has 2 saturated heterocycles. The van der Waals surface area contributed by atoms with Gasteiger partial charge in [-0.1, -0.05) is 40.7 Å². The zero-order chi connectivity index (χ0) is 45.1. The smallest absolute Gasteiger partial charge is 0.262 e. The Morgan fingerprint density at radius 2 is 1.64 bits per heavy atom. The van der Waals surface area contributed by atoms with Crippen LogP contribution in [-0.2, 0) is 9.59 Å². The highest BCUT2D eigenvalue weighted by Crippen LogP contribution is 2.56. The summed E-state index contributed by atoms with van der Waals surface area (Å²) in [5.41, 5.74) is 2.59. The predicted molar refractivity (Wildman–Crippen MR) is 240 cm³/mol. The van der Waals surface area contributed by atoms with Crippen molar-refractivity contribution in [3.05, 3.63) is 101 Å².